The van der Waals surface area contributed by atoms with E-state index in [0.717, 1.165) is 17.1 Å². The Hall–Kier alpha value is -3.15. The number of nitrogens with zero attached hydrogens (tertiary/aromatic N) is 4. The average Bonchev–Trinajstić information content (AvgIpc) is 3.02. The summed E-state index contributed by atoms with van der Waals surface area (Å²) in [4.78, 5) is 27.8. The number of hydrogen-bond donors (Lipinski definition) is 0. The highest BCUT2D eigenvalue weighted by molar-refractivity contribution is 7.09. The van der Waals surface area contributed by atoms with Gasteiger partial charge in [-0.25, -0.2) is 3.96 Å². The molecule has 0 bridgehead atoms. The van der Waals surface area contributed by atoms with Gasteiger partial charge in [-0.05, 0) is 34.8 Å². The summed E-state index contributed by atoms with van der Waals surface area (Å²) in [5.74, 6) is -0.179. The van der Waals surface area contributed by atoms with Crippen LogP contribution in [0.1, 0.15) is 20.8 Å². The van der Waals surface area contributed by atoms with Crippen molar-refractivity contribution in [3.05, 3.63) is 97.5 Å². The number of carbonyl (C=O) groups excluding carboxylic acids is 1. The van der Waals surface area contributed by atoms with Gasteiger partial charge in [0.1, 0.15) is 0 Å². The fourth-order valence-electron chi connectivity index (χ4n) is 2.25. The molecule has 1 aromatic heterocycles. The van der Waals surface area contributed by atoms with E-state index >= 15 is 0 Å². The summed E-state index contributed by atoms with van der Waals surface area (Å²) in [5.41, 5.74) is 10.1. The summed E-state index contributed by atoms with van der Waals surface area (Å²) < 4.78 is 1.45. The first-order valence-corrected chi connectivity index (χ1v) is 7.89. The molecule has 118 valence electrons. The van der Waals surface area contributed by atoms with Crippen LogP contribution in [-0.2, 0) is 6.54 Å². The van der Waals surface area contributed by atoms with E-state index in [0.29, 0.717) is 16.1 Å². The maximum Gasteiger partial charge on any atom is 0.266 e. The van der Waals surface area contributed by atoms with Crippen LogP contribution in [0.5, 0.6) is 0 Å². The summed E-state index contributed by atoms with van der Waals surface area (Å²) >= 11 is 1.10. The summed E-state index contributed by atoms with van der Waals surface area (Å²) in [6.07, 6.45) is 0. The number of ketones is 1. The first-order chi connectivity index (χ1) is 11.7. The molecule has 0 atom stereocenters. The molecule has 3 rings (SSSR count). The van der Waals surface area contributed by atoms with E-state index < -0.39 is 0 Å². The van der Waals surface area contributed by atoms with Crippen LogP contribution in [0.2, 0.25) is 0 Å². The Labute approximate surface area is 141 Å². The molecule has 6 nitrogen and oxygen atoms in total. The number of aromatic nitrogens is 1. The number of benzene rings is 2. The van der Waals surface area contributed by atoms with Crippen LogP contribution in [0, 0.1) is 0 Å². The standard InChI is InChI=1S/C17H12N4O2S/c18-20-19-11-12-5-4-8-14(9-12)21-16(22)10-15(24-21)17(23)13-6-2-1-3-7-13/h1-10H,11H2. The fraction of sp³-hybridized carbons (Fsp3) is 0.0588. The quantitative estimate of drug-likeness (QED) is 0.306. The van der Waals surface area contributed by atoms with E-state index in [1.165, 1.54) is 10.0 Å². The van der Waals surface area contributed by atoms with Crippen molar-refractivity contribution in [2.45, 2.75) is 6.54 Å². The number of azide groups is 1. The van der Waals surface area contributed by atoms with Crippen molar-refractivity contribution in [2.75, 3.05) is 0 Å². The molecule has 0 aliphatic heterocycles. The molecule has 0 fully saturated rings. The second-order valence-corrected chi connectivity index (χ2v) is 5.97. The second-order valence-electron chi connectivity index (χ2n) is 4.99. The van der Waals surface area contributed by atoms with Crippen LogP contribution in [0.3, 0.4) is 0 Å². The summed E-state index contributed by atoms with van der Waals surface area (Å²) in [5, 5.41) is 3.51. The summed E-state index contributed by atoms with van der Waals surface area (Å²) in [6.45, 7) is 0.209. The Morgan fingerprint density at radius 1 is 1.12 bits per heavy atom. The van der Waals surface area contributed by atoms with Crippen LogP contribution >= 0.6 is 11.5 Å². The highest BCUT2D eigenvalue weighted by Gasteiger charge is 2.15. The predicted molar refractivity (Wildman–Crippen MR) is 92.6 cm³/mol. The smallest absolute Gasteiger partial charge is 0.266 e. The molecule has 0 aliphatic carbocycles. The molecule has 7 heteroatoms. The zero-order valence-electron chi connectivity index (χ0n) is 12.5. The van der Waals surface area contributed by atoms with E-state index in [2.05, 4.69) is 10.0 Å². The molecule has 1 heterocycles. The van der Waals surface area contributed by atoms with Gasteiger partial charge < -0.3 is 0 Å². The SMILES string of the molecule is [N-]=[N+]=NCc1cccc(-n2sc(C(=O)c3ccccc3)cc2=O)c1. The lowest BCUT2D eigenvalue weighted by molar-refractivity contribution is 0.104. The molecule has 3 aromatic rings. The zero-order valence-corrected chi connectivity index (χ0v) is 13.3. The monoisotopic (exact) mass is 336 g/mol. The van der Waals surface area contributed by atoms with Gasteiger partial charge in [0.2, 0.25) is 5.78 Å². The van der Waals surface area contributed by atoms with Gasteiger partial charge in [-0.15, -0.1) is 0 Å². The van der Waals surface area contributed by atoms with Crippen molar-refractivity contribution in [3.63, 3.8) is 0 Å². The van der Waals surface area contributed by atoms with Crippen LogP contribution in [0.4, 0.5) is 0 Å². The third-order valence-corrected chi connectivity index (χ3v) is 4.44. The van der Waals surface area contributed by atoms with Crippen molar-refractivity contribution in [1.29, 1.82) is 0 Å². The van der Waals surface area contributed by atoms with Crippen molar-refractivity contribution >= 4 is 17.3 Å². The minimum absolute atomic E-state index is 0.179. The third-order valence-electron chi connectivity index (χ3n) is 3.37. The Morgan fingerprint density at radius 3 is 2.67 bits per heavy atom. The van der Waals surface area contributed by atoms with Crippen LogP contribution in [0.15, 0.2) is 70.6 Å². The minimum Gasteiger partial charge on any atom is -0.288 e. The first-order valence-electron chi connectivity index (χ1n) is 7.12. The van der Waals surface area contributed by atoms with Gasteiger partial charge in [0.05, 0.1) is 17.1 Å². The number of hydrogen-bond acceptors (Lipinski definition) is 4. The van der Waals surface area contributed by atoms with Gasteiger partial charge in [0.15, 0.2) is 0 Å². The minimum atomic E-state index is -0.264. The van der Waals surface area contributed by atoms with E-state index in [4.69, 9.17) is 5.53 Å². The Bertz CT molecular complexity index is 985. The third kappa shape index (κ3) is 3.27. The number of rotatable bonds is 5. The topological polar surface area (TPSA) is 87.8 Å². The highest BCUT2D eigenvalue weighted by atomic mass is 32.1. The average molecular weight is 336 g/mol. The summed E-state index contributed by atoms with van der Waals surface area (Å²) in [7, 11) is 0. The molecule has 0 N–H and O–H groups in total. The molecule has 0 radical (unpaired) electrons. The van der Waals surface area contributed by atoms with E-state index in [1.807, 2.05) is 12.1 Å². The first kappa shape index (κ1) is 15.7. The lowest BCUT2D eigenvalue weighted by Crippen LogP contribution is -2.09. The summed E-state index contributed by atoms with van der Waals surface area (Å²) in [6, 6.07) is 17.3. The normalized spacial score (nSPS) is 10.2. The molecule has 0 unspecified atom stereocenters. The molecule has 2 aromatic carbocycles. The van der Waals surface area contributed by atoms with Gasteiger partial charge in [-0.3, -0.25) is 9.59 Å². The lowest BCUT2D eigenvalue weighted by atomic mass is 10.1. The molecule has 0 saturated heterocycles. The van der Waals surface area contributed by atoms with Gasteiger partial charge in [-0.1, -0.05) is 47.6 Å². The van der Waals surface area contributed by atoms with E-state index in [1.54, 1.807) is 42.5 Å². The molecular formula is C17H12N4O2S. The maximum atomic E-state index is 12.5. The van der Waals surface area contributed by atoms with Crippen molar-refractivity contribution in [2.24, 2.45) is 5.11 Å². The van der Waals surface area contributed by atoms with E-state index in [-0.39, 0.29) is 17.9 Å². The van der Waals surface area contributed by atoms with Crippen molar-refractivity contribution < 1.29 is 4.79 Å². The lowest BCUT2D eigenvalue weighted by Gasteiger charge is -2.03. The predicted octanol–water partition coefficient (Wildman–Crippen LogP) is 3.94. The maximum absolute atomic E-state index is 12.5. The molecule has 0 aliphatic rings. The Morgan fingerprint density at radius 2 is 1.92 bits per heavy atom. The van der Waals surface area contributed by atoms with Crippen molar-refractivity contribution in [3.8, 4) is 5.69 Å². The van der Waals surface area contributed by atoms with E-state index in [9.17, 15) is 9.59 Å². The van der Waals surface area contributed by atoms with Crippen LogP contribution in [0.25, 0.3) is 16.1 Å². The molecule has 0 spiro atoms. The van der Waals surface area contributed by atoms with Gasteiger partial charge >= 0.3 is 0 Å². The van der Waals surface area contributed by atoms with Crippen LogP contribution in [-0.4, -0.2) is 9.74 Å². The fourth-order valence-corrected chi connectivity index (χ4v) is 3.17. The molecular weight excluding hydrogens is 324 g/mol. The van der Waals surface area contributed by atoms with Gasteiger partial charge in [-0.2, -0.15) is 0 Å². The zero-order chi connectivity index (χ0) is 16.9. The van der Waals surface area contributed by atoms with Crippen LogP contribution < -0.4 is 5.56 Å². The van der Waals surface area contributed by atoms with Gasteiger partial charge in [0.25, 0.3) is 5.56 Å². The molecule has 0 saturated carbocycles. The highest BCUT2D eigenvalue weighted by Crippen LogP contribution is 2.18. The Kier molecular flexibility index (Phi) is 4.56. The van der Waals surface area contributed by atoms with Gasteiger partial charge in [0, 0.05) is 16.5 Å². The largest absolute Gasteiger partial charge is 0.288 e. The Balaban J connectivity index is 1.96. The number of carbonyl (C=O) groups is 1. The molecule has 24 heavy (non-hydrogen) atoms. The second kappa shape index (κ2) is 6.95. The molecule has 0 amide bonds. The van der Waals surface area contributed by atoms with Crippen molar-refractivity contribution in [1.82, 2.24) is 3.96 Å².